The van der Waals surface area contributed by atoms with Crippen molar-refractivity contribution in [1.82, 2.24) is 20.0 Å². The summed E-state index contributed by atoms with van der Waals surface area (Å²) >= 11 is 0. The first-order chi connectivity index (χ1) is 26.9. The minimum Gasteiger partial charge on any atom is -0.317 e. The monoisotopic (exact) mass is 790 g/mol. The van der Waals surface area contributed by atoms with Gasteiger partial charge in [0.2, 0.25) is 0 Å². The molecule has 0 unspecified atom stereocenters. The van der Waals surface area contributed by atoms with Crippen molar-refractivity contribution in [2.45, 2.75) is 38.5 Å². The van der Waals surface area contributed by atoms with E-state index < -0.39 is 0 Å². The summed E-state index contributed by atoms with van der Waals surface area (Å²) < 4.78 is 0. The van der Waals surface area contributed by atoms with Gasteiger partial charge in [-0.05, 0) is 223 Å². The van der Waals surface area contributed by atoms with E-state index >= 15 is 0 Å². The van der Waals surface area contributed by atoms with E-state index in [9.17, 15) is 19.2 Å². The van der Waals surface area contributed by atoms with E-state index in [4.69, 9.17) is 0 Å². The molecule has 0 spiro atoms. The standard InChI is InChI=1S/C37H40N4O4.2C5H5.Fe/c1-39(22-7-15-27-12-4-5-13-27)23-9-25-41-36(44)30-18-16-28-32-29(17-19-31(33(30)32)37(41)45)35(43)40(34(28)42)24-8-21-38-20-6-14-26-10-2-3-11-26;2*1-2-4-5-3-1;/h2-5,10-13,16-19,38H,6-9,14-15,20-25H2,1H3;2*1-5H;. The number of carbonyl (C=O) groups excluding carboxylic acids is 4. The van der Waals surface area contributed by atoms with Crippen LogP contribution in [0.5, 0.6) is 0 Å². The largest absolute Gasteiger partial charge is 0.317 e. The van der Waals surface area contributed by atoms with Gasteiger partial charge < -0.3 is 10.2 Å². The number of benzene rings is 2. The van der Waals surface area contributed by atoms with Crippen LogP contribution in [0.25, 0.3) is 10.8 Å². The van der Waals surface area contributed by atoms with Crippen LogP contribution >= 0.6 is 0 Å². The van der Waals surface area contributed by atoms with Gasteiger partial charge >= 0.3 is 0 Å². The molecule has 0 aromatic heterocycles. The number of hydrogen-bond acceptors (Lipinski definition) is 6. The van der Waals surface area contributed by atoms with E-state index in [0.717, 1.165) is 45.3 Å². The number of amides is 4. The zero-order valence-corrected chi connectivity index (χ0v) is 33.1. The molecule has 2 heterocycles. The van der Waals surface area contributed by atoms with Gasteiger partial charge in [0.15, 0.2) is 0 Å². The summed E-state index contributed by atoms with van der Waals surface area (Å²) in [7, 11) is 2.06. The topological polar surface area (TPSA) is 90.0 Å². The maximum atomic E-state index is 13.6. The van der Waals surface area contributed by atoms with E-state index in [2.05, 4.69) is 55.8 Å². The van der Waals surface area contributed by atoms with E-state index in [1.165, 1.54) is 21.6 Å². The van der Waals surface area contributed by atoms with Crippen LogP contribution in [0, 0.1) is 127 Å². The summed E-state index contributed by atoms with van der Waals surface area (Å²) in [5.41, 5.74) is 1.47. The number of imide groups is 2. The SMILES string of the molecule is CN(CCC[C]1[CH][CH][CH][CH]1)CCCN1C(=O)c2ccc3c4c(ccc(c24)C1=O)C(=O)N(CCCNCCC[C]1[CH][CH][CH][CH]1)C3=O.[CH]1[CH][CH][CH][CH]1.[CH]1[CH][CH][CH][CH]1.[Fe]. The van der Waals surface area contributed by atoms with Crippen molar-refractivity contribution < 1.29 is 36.2 Å². The second-order valence-electron chi connectivity index (χ2n) is 14.1. The predicted octanol–water partition coefficient (Wildman–Crippen LogP) is 6.74. The fraction of sp³-hybridized carbons (Fsp3) is 0.277. The molecule has 4 aliphatic carbocycles. The Morgan fingerprint density at radius 2 is 0.804 bits per heavy atom. The van der Waals surface area contributed by atoms with Gasteiger partial charge in [-0.2, -0.15) is 0 Å². The molecule has 4 saturated carbocycles. The number of rotatable bonds is 16. The average molecular weight is 791 g/mol. The van der Waals surface area contributed by atoms with Gasteiger partial charge in [-0.3, -0.25) is 29.0 Å². The fourth-order valence-corrected chi connectivity index (χ4v) is 7.25. The Kier molecular flexibility index (Phi) is 18.4. The maximum absolute atomic E-state index is 13.6. The van der Waals surface area contributed by atoms with Crippen LogP contribution in [0.4, 0.5) is 0 Å². The van der Waals surface area contributed by atoms with Gasteiger partial charge in [-0.1, -0.05) is 0 Å². The molecule has 0 bridgehead atoms. The van der Waals surface area contributed by atoms with Crippen LogP contribution in [0.1, 0.15) is 80.0 Å². The third-order valence-electron chi connectivity index (χ3n) is 10.1. The molecule has 8 nitrogen and oxygen atoms in total. The predicted molar refractivity (Wildman–Crippen MR) is 217 cm³/mol. The van der Waals surface area contributed by atoms with E-state index in [1.807, 2.05) is 77.0 Å². The van der Waals surface area contributed by atoms with Crippen molar-refractivity contribution in [3.8, 4) is 0 Å². The fourth-order valence-electron chi connectivity index (χ4n) is 7.25. The number of nitrogens with zero attached hydrogens (tertiary/aromatic N) is 3. The second-order valence-corrected chi connectivity index (χ2v) is 14.1. The van der Waals surface area contributed by atoms with Crippen molar-refractivity contribution in [2.24, 2.45) is 0 Å². The quantitative estimate of drug-likeness (QED) is 0.115. The molecule has 290 valence electrons. The average Bonchev–Trinajstić information content (AvgIpc) is 4.05. The Balaban J connectivity index is 0.000000474. The molecule has 6 aliphatic rings. The van der Waals surface area contributed by atoms with Crippen LogP contribution in [-0.4, -0.2) is 84.6 Å². The second kappa shape index (κ2) is 23.1. The molecule has 1 N–H and O–H groups in total. The van der Waals surface area contributed by atoms with Gasteiger partial charge in [-0.25, -0.2) is 0 Å². The number of hydrogen-bond donors (Lipinski definition) is 1. The summed E-state index contributed by atoms with van der Waals surface area (Å²) in [6.45, 7) is 3.87. The van der Waals surface area contributed by atoms with Crippen LogP contribution in [0.15, 0.2) is 24.3 Å². The van der Waals surface area contributed by atoms with Gasteiger partial charge in [-0.15, -0.1) is 0 Å². The first kappa shape index (κ1) is 44.5. The van der Waals surface area contributed by atoms with Crippen LogP contribution in [0.3, 0.4) is 0 Å². The molecule has 2 aliphatic heterocycles. The molecule has 2 aromatic carbocycles. The summed E-state index contributed by atoms with van der Waals surface area (Å²) in [5, 5.41) is 4.25. The summed E-state index contributed by atoms with van der Waals surface area (Å²) in [4.78, 5) is 59.0. The van der Waals surface area contributed by atoms with Gasteiger partial charge in [0.1, 0.15) is 0 Å². The Morgan fingerprint density at radius 1 is 0.464 bits per heavy atom. The number of carbonyl (C=O) groups is 4. The molecule has 8 rings (SSSR count). The Morgan fingerprint density at radius 3 is 1.21 bits per heavy atom. The first-order valence-electron chi connectivity index (χ1n) is 19.4. The van der Waals surface area contributed by atoms with Crippen molar-refractivity contribution in [3.05, 3.63) is 174 Å². The molecular formula is C47H50FeN4O4. The number of nitrogens with one attached hydrogen (secondary N) is 1. The van der Waals surface area contributed by atoms with Crippen LogP contribution in [-0.2, 0) is 17.1 Å². The minimum absolute atomic E-state index is 0. The third-order valence-corrected chi connectivity index (χ3v) is 10.1. The maximum Gasteiger partial charge on any atom is 0.261 e. The van der Waals surface area contributed by atoms with Crippen LogP contribution in [0.2, 0.25) is 0 Å². The van der Waals surface area contributed by atoms with E-state index in [1.54, 1.807) is 24.3 Å². The van der Waals surface area contributed by atoms with Gasteiger partial charge in [0, 0.05) is 63.2 Å². The molecule has 4 amide bonds. The summed E-state index contributed by atoms with van der Waals surface area (Å²) in [6, 6.07) is 6.56. The van der Waals surface area contributed by atoms with E-state index in [-0.39, 0.29) is 40.7 Å². The van der Waals surface area contributed by atoms with Crippen molar-refractivity contribution >= 4 is 34.4 Å². The Hall–Kier alpha value is -2.58. The molecule has 0 atom stereocenters. The minimum atomic E-state index is -0.379. The molecule has 2 aromatic rings. The molecule has 0 saturated heterocycles. The van der Waals surface area contributed by atoms with Gasteiger partial charge in [0.05, 0.1) is 0 Å². The van der Waals surface area contributed by atoms with Gasteiger partial charge in [0.25, 0.3) is 23.6 Å². The third kappa shape index (κ3) is 11.8. The van der Waals surface area contributed by atoms with Crippen molar-refractivity contribution in [2.75, 3.05) is 46.3 Å². The van der Waals surface area contributed by atoms with Crippen molar-refractivity contribution in [3.63, 3.8) is 0 Å². The molecule has 4 fully saturated rings. The van der Waals surface area contributed by atoms with E-state index in [0.29, 0.717) is 65.5 Å². The summed E-state index contributed by atoms with van der Waals surface area (Å²) in [5.74, 6) is 1.16. The van der Waals surface area contributed by atoms with Crippen molar-refractivity contribution in [1.29, 1.82) is 0 Å². The van der Waals surface area contributed by atoms with Crippen LogP contribution < -0.4 is 5.32 Å². The molecule has 9 heteroatoms. The normalized spacial score (nSPS) is 19.5. The molecule has 20 radical (unpaired) electrons. The first-order valence-corrected chi connectivity index (χ1v) is 19.4. The zero-order chi connectivity index (χ0) is 38.4. The summed E-state index contributed by atoms with van der Waals surface area (Å²) in [6.07, 6.45) is 42.1. The molecular weight excluding hydrogens is 740 g/mol. The smallest absolute Gasteiger partial charge is 0.261 e. The Labute approximate surface area is 348 Å². The zero-order valence-electron chi connectivity index (χ0n) is 32.0. The Bertz CT molecular complexity index is 1500. The molecule has 56 heavy (non-hydrogen) atoms.